The number of ether oxygens (including phenoxy) is 2. The van der Waals surface area contributed by atoms with Crippen molar-refractivity contribution in [1.29, 1.82) is 0 Å². The van der Waals surface area contributed by atoms with Gasteiger partial charge >= 0.3 is 41.5 Å². The third-order valence-electron chi connectivity index (χ3n) is 4.92. The zero-order valence-corrected chi connectivity index (χ0v) is 18.7. The summed E-state index contributed by atoms with van der Waals surface area (Å²) in [6.07, 6.45) is -0.181. The average molecular weight is 433 g/mol. The van der Waals surface area contributed by atoms with Crippen LogP contribution in [0.3, 0.4) is 0 Å². The maximum Gasteiger partial charge on any atom is 1.00 e. The molecule has 29 heavy (non-hydrogen) atoms. The van der Waals surface area contributed by atoms with Crippen LogP contribution in [0.5, 0.6) is 0 Å². The molecule has 2 aliphatic rings. The molecule has 150 valence electrons. The van der Waals surface area contributed by atoms with Gasteiger partial charge in [0.15, 0.2) is 9.84 Å². The first kappa shape index (κ1) is 23.3. The topological polar surface area (TPSA) is 147 Å². The molecule has 0 saturated carbocycles. The largest absolute Gasteiger partial charge is 1.00 e. The average Bonchev–Trinajstić information content (AvgIpc) is 2.75. The standard InChI is InChI=1S/C17H17NO9S.Na/c1-17(2)13(18-11(19)7-12(18)28(17,24)25)16(23)27-8-26-15(22)10-5-3-4-9(6-10)14(20)21;/h3-6,12-13H,7-8H2,1-2H3,(H,20,21);/q;+1/p-1/t12-,13+;/m1./s1. The van der Waals surface area contributed by atoms with Crippen molar-refractivity contribution in [2.45, 2.75) is 36.4 Å². The molecule has 2 heterocycles. The summed E-state index contributed by atoms with van der Waals surface area (Å²) in [5, 5.41) is 9.76. The molecule has 2 fully saturated rings. The van der Waals surface area contributed by atoms with Crippen LogP contribution in [0.4, 0.5) is 0 Å². The third kappa shape index (κ3) is 3.79. The summed E-state index contributed by atoms with van der Waals surface area (Å²) in [5.41, 5.74) is -0.328. The number of hydrogen-bond donors (Lipinski definition) is 0. The van der Waals surface area contributed by atoms with Gasteiger partial charge < -0.3 is 24.3 Å². The van der Waals surface area contributed by atoms with Gasteiger partial charge in [-0.15, -0.1) is 0 Å². The van der Waals surface area contributed by atoms with Crippen LogP contribution in [-0.2, 0) is 28.9 Å². The summed E-state index contributed by atoms with van der Waals surface area (Å²) >= 11 is 0. The van der Waals surface area contributed by atoms with Crippen molar-refractivity contribution in [2.75, 3.05) is 6.79 Å². The molecule has 0 unspecified atom stereocenters. The van der Waals surface area contributed by atoms with Crippen LogP contribution in [0.25, 0.3) is 0 Å². The normalized spacial score (nSPS) is 23.2. The van der Waals surface area contributed by atoms with E-state index in [9.17, 15) is 32.7 Å². The summed E-state index contributed by atoms with van der Waals surface area (Å²) in [6, 6.07) is 3.54. The van der Waals surface area contributed by atoms with Crippen LogP contribution in [0.1, 0.15) is 41.0 Å². The third-order valence-corrected chi connectivity index (χ3v) is 7.72. The Kier molecular flexibility index (Phi) is 6.48. The van der Waals surface area contributed by atoms with Gasteiger partial charge in [0.2, 0.25) is 12.7 Å². The van der Waals surface area contributed by atoms with Crippen LogP contribution in [0, 0.1) is 0 Å². The molecule has 2 aliphatic heterocycles. The second-order valence-corrected chi connectivity index (χ2v) is 9.58. The molecule has 0 N–H and O–H groups in total. The molecule has 0 aromatic heterocycles. The number of β-lactam (4-membered cyclic amide) rings is 1. The quantitative estimate of drug-likeness (QED) is 0.195. The van der Waals surface area contributed by atoms with Gasteiger partial charge in [0, 0.05) is 0 Å². The van der Waals surface area contributed by atoms with Gasteiger partial charge in [-0.3, -0.25) is 4.79 Å². The molecule has 3 rings (SSSR count). The number of rotatable bonds is 5. The first-order chi connectivity index (χ1) is 13.0. The Morgan fingerprint density at radius 3 is 2.41 bits per heavy atom. The van der Waals surface area contributed by atoms with Crippen LogP contribution in [0.15, 0.2) is 24.3 Å². The fourth-order valence-corrected chi connectivity index (χ4v) is 5.41. The Labute approximate surface area is 188 Å². The maximum absolute atomic E-state index is 12.5. The van der Waals surface area contributed by atoms with E-state index in [1.54, 1.807) is 0 Å². The molecule has 12 heteroatoms. The zero-order chi connectivity index (χ0) is 20.9. The van der Waals surface area contributed by atoms with Crippen LogP contribution >= 0.6 is 0 Å². The molecular weight excluding hydrogens is 417 g/mol. The Hall–Kier alpha value is -1.95. The molecule has 1 aromatic rings. The summed E-state index contributed by atoms with van der Waals surface area (Å²) in [6.45, 7) is 1.83. The molecule has 0 radical (unpaired) electrons. The van der Waals surface area contributed by atoms with Crippen molar-refractivity contribution < 1.29 is 71.7 Å². The van der Waals surface area contributed by atoms with Crippen LogP contribution in [-0.4, -0.2) is 60.1 Å². The van der Waals surface area contributed by atoms with Crippen molar-refractivity contribution in [3.8, 4) is 0 Å². The number of nitrogens with zero attached hydrogens (tertiary/aromatic N) is 1. The van der Waals surface area contributed by atoms with Crippen LogP contribution in [0.2, 0.25) is 0 Å². The minimum Gasteiger partial charge on any atom is -0.545 e. The van der Waals surface area contributed by atoms with E-state index in [0.29, 0.717) is 0 Å². The Balaban J connectivity index is 0.00000300. The molecule has 2 saturated heterocycles. The fraction of sp³-hybridized carbons (Fsp3) is 0.412. The predicted octanol–water partition coefficient (Wildman–Crippen LogP) is -4.15. The number of hydrogen-bond acceptors (Lipinski definition) is 9. The van der Waals surface area contributed by atoms with Crippen molar-refractivity contribution in [3.05, 3.63) is 35.4 Å². The van der Waals surface area contributed by atoms with Crippen LogP contribution < -0.4 is 34.7 Å². The predicted molar refractivity (Wildman–Crippen MR) is 89.2 cm³/mol. The number of sulfone groups is 1. The molecular formula is C17H16NNaO9S. The summed E-state index contributed by atoms with van der Waals surface area (Å²) in [5.74, 6) is -3.91. The van der Waals surface area contributed by atoms with E-state index in [1.807, 2.05) is 0 Å². The SMILES string of the molecule is CC1(C)[C@H](C(=O)OCOC(=O)c2cccc(C(=O)[O-])c2)N2C(=O)C[C@H]2S1(=O)=O.[Na+]. The van der Waals surface area contributed by atoms with E-state index in [1.165, 1.54) is 32.0 Å². The molecule has 2 atom stereocenters. The van der Waals surface area contributed by atoms with E-state index in [-0.39, 0.29) is 47.1 Å². The first-order valence-corrected chi connectivity index (χ1v) is 9.73. The van der Waals surface area contributed by atoms with E-state index < -0.39 is 56.6 Å². The number of fused-ring (bicyclic) bond motifs is 1. The molecule has 10 nitrogen and oxygen atoms in total. The second kappa shape index (κ2) is 8.05. The van der Waals surface area contributed by atoms with Gasteiger partial charge in [-0.25, -0.2) is 18.0 Å². The molecule has 1 amide bonds. The Morgan fingerprint density at radius 1 is 1.21 bits per heavy atom. The Morgan fingerprint density at radius 2 is 1.83 bits per heavy atom. The summed E-state index contributed by atoms with van der Waals surface area (Å²) < 4.78 is 33.0. The maximum atomic E-state index is 12.5. The van der Waals surface area contributed by atoms with Crippen molar-refractivity contribution in [1.82, 2.24) is 4.90 Å². The number of carbonyl (C=O) groups excluding carboxylic acids is 4. The number of esters is 2. The molecule has 1 aromatic carbocycles. The number of carboxylic acids is 1. The van der Waals surface area contributed by atoms with Crippen molar-refractivity contribution in [2.24, 2.45) is 0 Å². The zero-order valence-electron chi connectivity index (χ0n) is 15.9. The minimum absolute atomic E-state index is 0. The number of aromatic carboxylic acids is 1. The number of amides is 1. The molecule has 0 spiro atoms. The van der Waals surface area contributed by atoms with E-state index in [0.717, 1.165) is 11.0 Å². The minimum atomic E-state index is -3.76. The van der Waals surface area contributed by atoms with Gasteiger partial charge in [-0.05, 0) is 31.5 Å². The first-order valence-electron chi connectivity index (χ1n) is 8.18. The van der Waals surface area contributed by atoms with Crippen molar-refractivity contribution in [3.63, 3.8) is 0 Å². The fourth-order valence-electron chi connectivity index (χ4n) is 3.29. The van der Waals surface area contributed by atoms with Crippen molar-refractivity contribution >= 4 is 33.7 Å². The van der Waals surface area contributed by atoms with E-state index >= 15 is 0 Å². The number of carboxylic acid groups (broad SMARTS) is 1. The van der Waals surface area contributed by atoms with E-state index in [2.05, 4.69) is 0 Å². The van der Waals surface area contributed by atoms with Gasteiger partial charge in [0.05, 0.1) is 22.7 Å². The molecule has 0 bridgehead atoms. The second-order valence-electron chi connectivity index (χ2n) is 6.89. The molecule has 0 aliphatic carbocycles. The monoisotopic (exact) mass is 433 g/mol. The number of carbonyl (C=O) groups is 4. The Bertz CT molecular complexity index is 988. The number of benzene rings is 1. The van der Waals surface area contributed by atoms with Gasteiger partial charge in [0.1, 0.15) is 11.4 Å². The van der Waals surface area contributed by atoms with Gasteiger partial charge in [0.25, 0.3) is 0 Å². The van der Waals surface area contributed by atoms with Gasteiger partial charge in [-0.1, -0.05) is 12.1 Å². The van der Waals surface area contributed by atoms with E-state index in [4.69, 9.17) is 9.47 Å². The van der Waals surface area contributed by atoms with Gasteiger partial charge in [-0.2, -0.15) is 0 Å². The summed E-state index contributed by atoms with van der Waals surface area (Å²) in [7, 11) is -3.76. The smallest absolute Gasteiger partial charge is 0.545 e. The summed E-state index contributed by atoms with van der Waals surface area (Å²) in [4.78, 5) is 47.9.